The topological polar surface area (TPSA) is 98.0 Å². The highest BCUT2D eigenvalue weighted by molar-refractivity contribution is 6.32. The van der Waals surface area contributed by atoms with Crippen LogP contribution in [-0.2, 0) is 6.42 Å². The first kappa shape index (κ1) is 20.0. The summed E-state index contributed by atoms with van der Waals surface area (Å²) in [5.74, 6) is 2.50. The van der Waals surface area contributed by atoms with Gasteiger partial charge in [0.1, 0.15) is 11.5 Å². The molecule has 2 heterocycles. The zero-order valence-corrected chi connectivity index (χ0v) is 17.5. The maximum atomic E-state index is 9.09. The average Bonchev–Trinajstić information content (AvgIpc) is 3.29. The number of hydrogen-bond donors (Lipinski definition) is 0. The van der Waals surface area contributed by atoms with E-state index in [1.165, 1.54) is 0 Å². The fourth-order valence-corrected chi connectivity index (χ4v) is 3.25. The predicted octanol–water partition coefficient (Wildman–Crippen LogP) is 5.90. The van der Waals surface area contributed by atoms with E-state index in [-0.39, 0.29) is 5.89 Å². The van der Waals surface area contributed by atoms with E-state index < -0.39 is 0 Å². The first-order chi connectivity index (χ1) is 14.4. The summed E-state index contributed by atoms with van der Waals surface area (Å²) in [6.45, 7) is 3.56. The molecule has 0 N–H and O–H groups in total. The lowest BCUT2D eigenvalue weighted by Gasteiger charge is -2.10. The van der Waals surface area contributed by atoms with Gasteiger partial charge >= 0.3 is 0 Å². The van der Waals surface area contributed by atoms with Crippen LogP contribution in [0.2, 0.25) is 10.0 Å². The zero-order valence-electron chi connectivity index (χ0n) is 15.9. The van der Waals surface area contributed by atoms with Crippen molar-refractivity contribution in [1.29, 1.82) is 5.26 Å². The third-order valence-electron chi connectivity index (χ3n) is 4.14. The van der Waals surface area contributed by atoms with Gasteiger partial charge in [0.2, 0.25) is 11.7 Å². The SMILES string of the molecule is Cc1nc(C)c(-c2nnc(Cc3ccc(Cl)c(Oc4cc(Cl)cc(C#N)c4)c3)o2)o1. The smallest absolute Gasteiger partial charge is 0.285 e. The Balaban J connectivity index is 1.56. The lowest BCUT2D eigenvalue weighted by molar-refractivity contribution is 0.472. The van der Waals surface area contributed by atoms with E-state index in [1.54, 1.807) is 37.3 Å². The molecule has 0 saturated carbocycles. The molecule has 2 aromatic heterocycles. The second kappa shape index (κ2) is 8.19. The van der Waals surface area contributed by atoms with Gasteiger partial charge in [-0.15, -0.1) is 10.2 Å². The quantitative estimate of drug-likeness (QED) is 0.380. The Kier molecular flexibility index (Phi) is 5.44. The summed E-state index contributed by atoms with van der Waals surface area (Å²) in [7, 11) is 0. The molecule has 0 saturated heterocycles. The summed E-state index contributed by atoms with van der Waals surface area (Å²) in [6.07, 6.45) is 0.367. The number of aryl methyl sites for hydroxylation is 2. The molecule has 0 aliphatic heterocycles. The molecule has 0 spiro atoms. The molecular formula is C21H14Cl2N4O3. The Bertz CT molecular complexity index is 1270. The van der Waals surface area contributed by atoms with Crippen LogP contribution >= 0.6 is 23.2 Å². The Morgan fingerprint density at radius 3 is 2.63 bits per heavy atom. The highest BCUT2D eigenvalue weighted by Crippen LogP contribution is 2.33. The van der Waals surface area contributed by atoms with E-state index in [0.29, 0.717) is 56.8 Å². The second-order valence-corrected chi connectivity index (χ2v) is 7.32. The Morgan fingerprint density at radius 2 is 1.90 bits per heavy atom. The minimum absolute atomic E-state index is 0.275. The van der Waals surface area contributed by atoms with Gasteiger partial charge in [0.15, 0.2) is 5.89 Å². The minimum atomic E-state index is 0.275. The summed E-state index contributed by atoms with van der Waals surface area (Å²) in [4.78, 5) is 4.21. The highest BCUT2D eigenvalue weighted by atomic mass is 35.5. The van der Waals surface area contributed by atoms with Crippen molar-refractivity contribution in [1.82, 2.24) is 15.2 Å². The van der Waals surface area contributed by atoms with Gasteiger partial charge in [0, 0.05) is 11.9 Å². The molecule has 0 radical (unpaired) electrons. The van der Waals surface area contributed by atoms with Crippen molar-refractivity contribution in [2.24, 2.45) is 0 Å². The molecule has 2 aromatic carbocycles. The molecule has 0 bridgehead atoms. The molecule has 0 aliphatic rings. The van der Waals surface area contributed by atoms with Gasteiger partial charge in [-0.05, 0) is 42.8 Å². The molecule has 7 nitrogen and oxygen atoms in total. The number of rotatable bonds is 5. The summed E-state index contributed by atoms with van der Waals surface area (Å²) in [6, 6.07) is 12.1. The molecule has 0 aliphatic carbocycles. The van der Waals surface area contributed by atoms with Crippen molar-refractivity contribution in [3.8, 4) is 29.2 Å². The molecule has 150 valence electrons. The van der Waals surface area contributed by atoms with Crippen LogP contribution in [0.15, 0.2) is 45.2 Å². The number of nitrogens with zero attached hydrogens (tertiary/aromatic N) is 4. The fourth-order valence-electron chi connectivity index (χ4n) is 2.87. The molecule has 0 unspecified atom stereocenters. The Morgan fingerprint density at radius 1 is 1.07 bits per heavy atom. The van der Waals surface area contributed by atoms with Gasteiger partial charge in [-0.2, -0.15) is 5.26 Å². The van der Waals surface area contributed by atoms with Crippen LogP contribution in [0.4, 0.5) is 0 Å². The lowest BCUT2D eigenvalue weighted by atomic mass is 10.1. The molecule has 4 rings (SSSR count). The van der Waals surface area contributed by atoms with E-state index in [2.05, 4.69) is 15.2 Å². The molecule has 4 aromatic rings. The van der Waals surface area contributed by atoms with Gasteiger partial charge in [0.25, 0.3) is 5.89 Å². The summed E-state index contributed by atoms with van der Waals surface area (Å²) in [5.41, 5.74) is 1.92. The van der Waals surface area contributed by atoms with Crippen molar-refractivity contribution in [2.75, 3.05) is 0 Å². The Hall–Kier alpha value is -3.34. The second-order valence-electron chi connectivity index (χ2n) is 6.48. The lowest BCUT2D eigenvalue weighted by Crippen LogP contribution is -1.92. The van der Waals surface area contributed by atoms with Crippen LogP contribution in [0.5, 0.6) is 11.5 Å². The number of ether oxygens (including phenoxy) is 1. The summed E-state index contributed by atoms with van der Waals surface area (Å²) in [5, 5.41) is 18.0. The van der Waals surface area contributed by atoms with Gasteiger partial charge in [-0.3, -0.25) is 0 Å². The highest BCUT2D eigenvalue weighted by Gasteiger charge is 2.17. The van der Waals surface area contributed by atoms with E-state index in [1.807, 2.05) is 19.1 Å². The number of aromatic nitrogens is 3. The van der Waals surface area contributed by atoms with Crippen LogP contribution < -0.4 is 4.74 Å². The summed E-state index contributed by atoms with van der Waals surface area (Å²) >= 11 is 12.3. The van der Waals surface area contributed by atoms with Crippen molar-refractivity contribution in [3.63, 3.8) is 0 Å². The van der Waals surface area contributed by atoms with Gasteiger partial charge in [-0.1, -0.05) is 29.3 Å². The minimum Gasteiger partial charge on any atom is -0.456 e. The predicted molar refractivity (Wildman–Crippen MR) is 110 cm³/mol. The fraction of sp³-hybridized carbons (Fsp3) is 0.143. The molecular weight excluding hydrogens is 427 g/mol. The van der Waals surface area contributed by atoms with Crippen LogP contribution in [-0.4, -0.2) is 15.2 Å². The molecule has 0 fully saturated rings. The van der Waals surface area contributed by atoms with Crippen molar-refractivity contribution in [3.05, 3.63) is 75.0 Å². The largest absolute Gasteiger partial charge is 0.456 e. The maximum absolute atomic E-state index is 9.09. The first-order valence-electron chi connectivity index (χ1n) is 8.85. The first-order valence-corrected chi connectivity index (χ1v) is 9.60. The van der Waals surface area contributed by atoms with Gasteiger partial charge in [0.05, 0.1) is 28.8 Å². The molecule has 0 amide bonds. The third kappa shape index (κ3) is 4.30. The van der Waals surface area contributed by atoms with Crippen LogP contribution in [0.25, 0.3) is 11.7 Å². The van der Waals surface area contributed by atoms with Crippen LogP contribution in [0, 0.1) is 25.2 Å². The number of benzene rings is 2. The molecule has 0 atom stereocenters. The maximum Gasteiger partial charge on any atom is 0.285 e. The number of halogens is 2. The van der Waals surface area contributed by atoms with E-state index in [0.717, 1.165) is 5.56 Å². The van der Waals surface area contributed by atoms with E-state index in [4.69, 9.17) is 42.0 Å². The molecule has 30 heavy (non-hydrogen) atoms. The monoisotopic (exact) mass is 440 g/mol. The average molecular weight is 441 g/mol. The van der Waals surface area contributed by atoms with E-state index in [9.17, 15) is 0 Å². The number of hydrogen-bond acceptors (Lipinski definition) is 7. The zero-order chi connectivity index (χ0) is 21.3. The molecule has 9 heteroatoms. The standard InChI is InChI=1S/C21H14Cl2N4O3/c1-11-20(28-12(2)25-11)21-27-26-19(30-21)8-13-3-4-17(23)18(7-13)29-16-6-14(10-24)5-15(22)9-16/h3-7,9H,8H2,1-2H3. The van der Waals surface area contributed by atoms with Crippen LogP contribution in [0.1, 0.15) is 28.6 Å². The van der Waals surface area contributed by atoms with E-state index >= 15 is 0 Å². The summed E-state index contributed by atoms with van der Waals surface area (Å²) < 4.78 is 17.1. The number of nitriles is 1. The van der Waals surface area contributed by atoms with Crippen molar-refractivity contribution >= 4 is 23.2 Å². The van der Waals surface area contributed by atoms with Gasteiger partial charge in [-0.25, -0.2) is 4.98 Å². The van der Waals surface area contributed by atoms with Gasteiger partial charge < -0.3 is 13.6 Å². The van der Waals surface area contributed by atoms with Crippen LogP contribution in [0.3, 0.4) is 0 Å². The Labute approximate surface area is 181 Å². The van der Waals surface area contributed by atoms with Crippen molar-refractivity contribution < 1.29 is 13.6 Å². The third-order valence-corrected chi connectivity index (χ3v) is 4.67. The normalized spacial score (nSPS) is 10.8. The van der Waals surface area contributed by atoms with Crippen molar-refractivity contribution in [2.45, 2.75) is 20.3 Å². The number of oxazole rings is 1.